The zero-order valence-corrected chi connectivity index (χ0v) is 11.6. The Morgan fingerprint density at radius 3 is 2.45 bits per heavy atom. The lowest BCUT2D eigenvalue weighted by molar-refractivity contribution is -0.121. The van der Waals surface area contributed by atoms with Crippen molar-refractivity contribution in [2.75, 3.05) is 0 Å². The van der Waals surface area contributed by atoms with E-state index in [1.807, 2.05) is 48.9 Å². The summed E-state index contributed by atoms with van der Waals surface area (Å²) in [5, 5.41) is 8.96. The second-order valence-corrected chi connectivity index (χ2v) is 4.98. The predicted octanol–water partition coefficient (Wildman–Crippen LogP) is 2.23. The summed E-state index contributed by atoms with van der Waals surface area (Å²) in [4.78, 5) is 11.1. The molecule has 1 unspecified atom stereocenters. The van der Waals surface area contributed by atoms with Crippen LogP contribution >= 0.6 is 0 Å². The van der Waals surface area contributed by atoms with E-state index in [1.165, 1.54) is 0 Å². The molecular weight excluding hydrogens is 250 g/mol. The van der Waals surface area contributed by atoms with Crippen LogP contribution in [0.5, 0.6) is 0 Å². The van der Waals surface area contributed by atoms with Crippen molar-refractivity contribution in [3.05, 3.63) is 47.7 Å². The van der Waals surface area contributed by atoms with Gasteiger partial charge in [-0.25, -0.2) is 0 Å². The minimum Gasteiger partial charge on any atom is -0.369 e. The van der Waals surface area contributed by atoms with Crippen LogP contribution in [-0.2, 0) is 18.3 Å². The maximum Gasteiger partial charge on any atom is 0.220 e. The van der Waals surface area contributed by atoms with Gasteiger partial charge in [0.15, 0.2) is 0 Å². The molecule has 4 nitrogen and oxygen atoms in total. The number of nitrogens with zero attached hydrogens (tertiary/aromatic N) is 2. The Kier molecular flexibility index (Phi) is 3.90. The van der Waals surface area contributed by atoms with Gasteiger partial charge in [-0.3, -0.25) is 4.79 Å². The largest absolute Gasteiger partial charge is 0.369 e. The highest BCUT2D eigenvalue weighted by Crippen LogP contribution is 2.22. The molecule has 4 heteroatoms. The molecule has 2 N–H and O–H groups in total. The highest BCUT2D eigenvalue weighted by molar-refractivity contribution is 5.76. The van der Waals surface area contributed by atoms with Crippen molar-refractivity contribution in [3.63, 3.8) is 0 Å². The third-order valence-electron chi connectivity index (χ3n) is 3.51. The number of primary amides is 1. The summed E-state index contributed by atoms with van der Waals surface area (Å²) in [7, 11) is 1.87. The van der Waals surface area contributed by atoms with Gasteiger partial charge in [0, 0.05) is 18.7 Å². The van der Waals surface area contributed by atoms with E-state index in [-0.39, 0.29) is 11.8 Å². The highest BCUT2D eigenvalue weighted by Gasteiger charge is 2.10. The molecule has 20 heavy (non-hydrogen) atoms. The molecule has 102 valence electrons. The number of amides is 1. The lowest BCUT2D eigenvalue weighted by atomic mass is 9.99. The first-order valence-corrected chi connectivity index (χ1v) is 6.47. The lowest BCUT2D eigenvalue weighted by Crippen LogP contribution is -2.22. The molecular formula is C16H17N3O. The fourth-order valence-electron chi connectivity index (χ4n) is 2.18. The molecule has 0 fully saturated rings. The Morgan fingerprint density at radius 2 is 1.95 bits per heavy atom. The molecule has 1 amide bonds. The van der Waals surface area contributed by atoms with E-state index in [9.17, 15) is 4.79 Å². The third-order valence-corrected chi connectivity index (χ3v) is 3.51. The van der Waals surface area contributed by atoms with E-state index >= 15 is 0 Å². The van der Waals surface area contributed by atoms with Crippen LogP contribution in [0.2, 0.25) is 0 Å². The lowest BCUT2D eigenvalue weighted by Gasteiger charge is -2.09. The van der Waals surface area contributed by atoms with Crippen LogP contribution in [0.15, 0.2) is 36.4 Å². The van der Waals surface area contributed by atoms with Crippen LogP contribution in [0.25, 0.3) is 11.3 Å². The topological polar surface area (TPSA) is 71.8 Å². The summed E-state index contributed by atoms with van der Waals surface area (Å²) < 4.78 is 1.86. The molecule has 1 atom stereocenters. The smallest absolute Gasteiger partial charge is 0.220 e. The molecule has 0 radical (unpaired) electrons. The number of hydrogen-bond acceptors (Lipinski definition) is 2. The van der Waals surface area contributed by atoms with Crippen LogP contribution < -0.4 is 5.73 Å². The van der Waals surface area contributed by atoms with Gasteiger partial charge >= 0.3 is 0 Å². The Hall–Kier alpha value is -2.54. The van der Waals surface area contributed by atoms with Gasteiger partial charge in [-0.05, 0) is 29.7 Å². The van der Waals surface area contributed by atoms with Gasteiger partial charge < -0.3 is 10.3 Å². The van der Waals surface area contributed by atoms with Crippen molar-refractivity contribution >= 4 is 5.91 Å². The number of nitrogens with two attached hydrogens (primary N) is 1. The van der Waals surface area contributed by atoms with Gasteiger partial charge in [-0.15, -0.1) is 0 Å². The normalized spacial score (nSPS) is 11.8. The summed E-state index contributed by atoms with van der Waals surface area (Å²) in [6, 6.07) is 13.9. The summed E-state index contributed by atoms with van der Waals surface area (Å²) in [5.41, 5.74) is 9.02. The van der Waals surface area contributed by atoms with Gasteiger partial charge in [-0.2, -0.15) is 5.26 Å². The minimum absolute atomic E-state index is 0.166. The minimum atomic E-state index is -0.282. The third kappa shape index (κ3) is 2.72. The zero-order valence-electron chi connectivity index (χ0n) is 11.6. The average Bonchev–Trinajstić information content (AvgIpc) is 2.80. The quantitative estimate of drug-likeness (QED) is 0.922. The van der Waals surface area contributed by atoms with Crippen LogP contribution in [0, 0.1) is 17.2 Å². The Balaban J connectivity index is 2.22. The van der Waals surface area contributed by atoms with Crippen molar-refractivity contribution in [1.29, 1.82) is 5.26 Å². The van der Waals surface area contributed by atoms with E-state index in [1.54, 1.807) is 6.07 Å². The number of rotatable bonds is 4. The number of nitriles is 1. The number of carbonyl (C=O) groups is 1. The second-order valence-electron chi connectivity index (χ2n) is 4.98. The molecule has 0 bridgehead atoms. The summed E-state index contributed by atoms with van der Waals surface area (Å²) >= 11 is 0. The predicted molar refractivity (Wildman–Crippen MR) is 77.6 cm³/mol. The molecule has 0 spiro atoms. The zero-order chi connectivity index (χ0) is 14.7. The van der Waals surface area contributed by atoms with E-state index in [0.717, 1.165) is 16.8 Å². The number of benzene rings is 1. The van der Waals surface area contributed by atoms with Crippen molar-refractivity contribution < 1.29 is 4.79 Å². The van der Waals surface area contributed by atoms with Crippen molar-refractivity contribution in [2.24, 2.45) is 18.7 Å². The fourth-order valence-corrected chi connectivity index (χ4v) is 2.18. The second kappa shape index (κ2) is 5.62. The first kappa shape index (κ1) is 13.9. The van der Waals surface area contributed by atoms with E-state index in [4.69, 9.17) is 11.0 Å². The van der Waals surface area contributed by atoms with Crippen molar-refractivity contribution in [1.82, 2.24) is 4.57 Å². The molecule has 1 aromatic heterocycles. The van der Waals surface area contributed by atoms with Crippen LogP contribution in [0.3, 0.4) is 0 Å². The molecule has 1 heterocycles. The molecule has 0 aliphatic carbocycles. The van der Waals surface area contributed by atoms with Gasteiger partial charge in [0.05, 0.1) is 0 Å². The Bertz CT molecular complexity index is 662. The molecule has 0 saturated heterocycles. The molecule has 1 aromatic carbocycles. The van der Waals surface area contributed by atoms with Crippen molar-refractivity contribution in [3.8, 4) is 17.3 Å². The average molecular weight is 267 g/mol. The van der Waals surface area contributed by atoms with E-state index in [0.29, 0.717) is 12.1 Å². The van der Waals surface area contributed by atoms with Crippen LogP contribution in [0.1, 0.15) is 18.2 Å². The molecule has 2 aromatic rings. The Labute approximate surface area is 118 Å². The number of aromatic nitrogens is 1. The summed E-state index contributed by atoms with van der Waals surface area (Å²) in [5.74, 6) is -0.448. The number of carbonyl (C=O) groups excluding carboxylic acids is 1. The van der Waals surface area contributed by atoms with E-state index < -0.39 is 0 Å². The molecule has 0 saturated carbocycles. The van der Waals surface area contributed by atoms with Gasteiger partial charge in [0.1, 0.15) is 11.8 Å². The molecule has 0 aliphatic rings. The maximum absolute atomic E-state index is 11.1. The standard InChI is InChI=1S/C16H17N3O/c1-11(16(18)20)9-12-3-5-13(6-4-12)15-8-7-14(10-17)19(15)2/h3-8,11H,9H2,1-2H3,(H2,18,20). The van der Waals surface area contributed by atoms with Gasteiger partial charge in [0.25, 0.3) is 0 Å². The molecule has 0 aliphatic heterocycles. The van der Waals surface area contributed by atoms with Crippen LogP contribution in [0.4, 0.5) is 0 Å². The SMILES string of the molecule is CC(Cc1ccc(-c2ccc(C#N)n2C)cc1)C(N)=O. The molecule has 2 rings (SSSR count). The summed E-state index contributed by atoms with van der Waals surface area (Å²) in [6.07, 6.45) is 0.645. The van der Waals surface area contributed by atoms with Gasteiger partial charge in [-0.1, -0.05) is 31.2 Å². The van der Waals surface area contributed by atoms with Crippen molar-refractivity contribution in [2.45, 2.75) is 13.3 Å². The highest BCUT2D eigenvalue weighted by atomic mass is 16.1. The number of hydrogen-bond donors (Lipinski definition) is 1. The first-order chi connectivity index (χ1) is 9.52. The monoisotopic (exact) mass is 267 g/mol. The fraction of sp³-hybridized carbons (Fsp3) is 0.250. The van der Waals surface area contributed by atoms with Crippen LogP contribution in [-0.4, -0.2) is 10.5 Å². The van der Waals surface area contributed by atoms with Gasteiger partial charge in [0.2, 0.25) is 5.91 Å². The van der Waals surface area contributed by atoms with E-state index in [2.05, 4.69) is 6.07 Å². The Morgan fingerprint density at radius 1 is 1.30 bits per heavy atom. The maximum atomic E-state index is 11.1. The summed E-state index contributed by atoms with van der Waals surface area (Å²) in [6.45, 7) is 1.83. The first-order valence-electron chi connectivity index (χ1n) is 6.47.